The highest BCUT2D eigenvalue weighted by atomic mass is 16.5. The summed E-state index contributed by atoms with van der Waals surface area (Å²) in [6.07, 6.45) is 4.79. The SMILES string of the molecule is c1ccc2c(c1)OCC2Cn1cc(CNCC2CC2)nn1. The minimum absolute atomic E-state index is 0.371. The molecule has 5 nitrogen and oxygen atoms in total. The third-order valence-corrected chi connectivity index (χ3v) is 4.23. The van der Waals surface area contributed by atoms with E-state index in [2.05, 4.69) is 27.8 Å². The zero-order valence-corrected chi connectivity index (χ0v) is 12.0. The van der Waals surface area contributed by atoms with E-state index < -0.39 is 0 Å². The summed E-state index contributed by atoms with van der Waals surface area (Å²) in [5, 5.41) is 11.9. The van der Waals surface area contributed by atoms with Gasteiger partial charge in [-0.25, -0.2) is 0 Å². The molecule has 1 saturated carbocycles. The molecule has 1 aliphatic carbocycles. The van der Waals surface area contributed by atoms with Crippen molar-refractivity contribution >= 4 is 0 Å². The number of aromatic nitrogens is 3. The Kier molecular flexibility index (Phi) is 3.35. The second-order valence-electron chi connectivity index (χ2n) is 6.05. The second kappa shape index (κ2) is 5.48. The fourth-order valence-electron chi connectivity index (χ4n) is 2.84. The Morgan fingerprint density at radius 2 is 2.19 bits per heavy atom. The molecule has 0 spiro atoms. The number of hydrogen-bond acceptors (Lipinski definition) is 4. The molecule has 0 radical (unpaired) electrons. The van der Waals surface area contributed by atoms with Crippen molar-refractivity contribution in [3.63, 3.8) is 0 Å². The summed E-state index contributed by atoms with van der Waals surface area (Å²) < 4.78 is 7.65. The van der Waals surface area contributed by atoms with Crippen molar-refractivity contribution in [3.8, 4) is 5.75 Å². The van der Waals surface area contributed by atoms with E-state index in [1.54, 1.807) is 0 Å². The molecule has 4 rings (SSSR count). The molecule has 110 valence electrons. The van der Waals surface area contributed by atoms with Crippen LogP contribution in [0.4, 0.5) is 0 Å². The van der Waals surface area contributed by atoms with Gasteiger partial charge in [0.15, 0.2) is 0 Å². The number of para-hydroxylation sites is 1. The number of benzene rings is 1. The van der Waals surface area contributed by atoms with Crippen LogP contribution in [-0.4, -0.2) is 28.1 Å². The average molecular weight is 284 g/mol. The first-order chi connectivity index (χ1) is 10.4. The lowest BCUT2D eigenvalue weighted by atomic mass is 10.0. The van der Waals surface area contributed by atoms with Crippen molar-refractivity contribution in [2.45, 2.75) is 31.8 Å². The topological polar surface area (TPSA) is 52.0 Å². The highest BCUT2D eigenvalue weighted by molar-refractivity contribution is 5.39. The number of hydrogen-bond donors (Lipinski definition) is 1. The van der Waals surface area contributed by atoms with Crippen molar-refractivity contribution in [2.24, 2.45) is 5.92 Å². The van der Waals surface area contributed by atoms with Crippen LogP contribution in [0.25, 0.3) is 0 Å². The zero-order valence-electron chi connectivity index (χ0n) is 12.0. The van der Waals surface area contributed by atoms with E-state index in [4.69, 9.17) is 4.74 Å². The van der Waals surface area contributed by atoms with Gasteiger partial charge in [-0.3, -0.25) is 4.68 Å². The molecular formula is C16H20N4O. The van der Waals surface area contributed by atoms with Gasteiger partial charge in [0.05, 0.1) is 18.8 Å². The largest absolute Gasteiger partial charge is 0.493 e. The summed E-state index contributed by atoms with van der Waals surface area (Å²) in [5.74, 6) is 2.27. The molecule has 1 fully saturated rings. The summed E-state index contributed by atoms with van der Waals surface area (Å²) in [4.78, 5) is 0. The molecule has 1 aromatic carbocycles. The monoisotopic (exact) mass is 284 g/mol. The van der Waals surface area contributed by atoms with E-state index in [9.17, 15) is 0 Å². The molecule has 0 saturated heterocycles. The first-order valence-corrected chi connectivity index (χ1v) is 7.70. The smallest absolute Gasteiger partial charge is 0.122 e. The van der Waals surface area contributed by atoms with Crippen LogP contribution in [-0.2, 0) is 13.1 Å². The molecule has 1 aromatic heterocycles. The lowest BCUT2D eigenvalue weighted by Gasteiger charge is -2.07. The summed E-state index contributed by atoms with van der Waals surface area (Å²) in [6.45, 7) is 3.48. The zero-order chi connectivity index (χ0) is 14.1. The lowest BCUT2D eigenvalue weighted by Crippen LogP contribution is -2.16. The quantitative estimate of drug-likeness (QED) is 0.881. The molecule has 2 heterocycles. The van der Waals surface area contributed by atoms with E-state index in [0.717, 1.165) is 43.6 Å². The number of ether oxygens (including phenoxy) is 1. The van der Waals surface area contributed by atoms with Gasteiger partial charge in [0.1, 0.15) is 5.75 Å². The van der Waals surface area contributed by atoms with Crippen LogP contribution in [0.3, 0.4) is 0 Å². The average Bonchev–Trinajstić information content (AvgIpc) is 3.08. The highest BCUT2D eigenvalue weighted by Gasteiger charge is 2.24. The highest BCUT2D eigenvalue weighted by Crippen LogP contribution is 2.34. The molecule has 1 N–H and O–H groups in total. The molecule has 1 aliphatic heterocycles. The molecule has 0 bridgehead atoms. The number of fused-ring (bicyclic) bond motifs is 1. The fraction of sp³-hybridized carbons (Fsp3) is 0.500. The van der Waals surface area contributed by atoms with Gasteiger partial charge in [0, 0.05) is 24.2 Å². The van der Waals surface area contributed by atoms with Crippen LogP contribution in [0.15, 0.2) is 30.5 Å². The Labute approximate surface area is 124 Å². The van der Waals surface area contributed by atoms with E-state index in [0.29, 0.717) is 5.92 Å². The van der Waals surface area contributed by atoms with Gasteiger partial charge < -0.3 is 10.1 Å². The van der Waals surface area contributed by atoms with Crippen molar-refractivity contribution in [2.75, 3.05) is 13.2 Å². The molecule has 21 heavy (non-hydrogen) atoms. The van der Waals surface area contributed by atoms with Crippen LogP contribution in [0.5, 0.6) is 5.75 Å². The van der Waals surface area contributed by atoms with E-state index in [-0.39, 0.29) is 0 Å². The maximum Gasteiger partial charge on any atom is 0.122 e. The summed E-state index contributed by atoms with van der Waals surface area (Å²) in [6, 6.07) is 8.25. The van der Waals surface area contributed by atoms with Crippen molar-refractivity contribution < 1.29 is 4.74 Å². The Morgan fingerprint density at radius 3 is 3.10 bits per heavy atom. The van der Waals surface area contributed by atoms with Crippen LogP contribution in [0.1, 0.15) is 30.0 Å². The molecule has 1 atom stereocenters. The molecule has 2 aromatic rings. The third-order valence-electron chi connectivity index (χ3n) is 4.23. The summed E-state index contributed by atoms with van der Waals surface area (Å²) in [5.41, 5.74) is 2.30. The van der Waals surface area contributed by atoms with Gasteiger partial charge >= 0.3 is 0 Å². The van der Waals surface area contributed by atoms with Gasteiger partial charge in [-0.15, -0.1) is 5.10 Å². The number of rotatable bonds is 6. The normalized spacial score (nSPS) is 20.3. The van der Waals surface area contributed by atoms with Crippen LogP contribution in [0.2, 0.25) is 0 Å². The number of nitrogens with one attached hydrogen (secondary N) is 1. The fourth-order valence-corrected chi connectivity index (χ4v) is 2.84. The van der Waals surface area contributed by atoms with Gasteiger partial charge in [-0.1, -0.05) is 23.4 Å². The van der Waals surface area contributed by atoms with Crippen LogP contribution < -0.4 is 10.1 Å². The van der Waals surface area contributed by atoms with E-state index in [1.807, 2.05) is 23.0 Å². The van der Waals surface area contributed by atoms with Crippen LogP contribution in [0, 0.1) is 5.92 Å². The molecule has 2 aliphatic rings. The third kappa shape index (κ3) is 2.93. The number of nitrogens with zero attached hydrogens (tertiary/aromatic N) is 3. The molecule has 1 unspecified atom stereocenters. The predicted octanol–water partition coefficient (Wildman–Crippen LogP) is 1.95. The van der Waals surface area contributed by atoms with Gasteiger partial charge in [-0.05, 0) is 31.4 Å². The van der Waals surface area contributed by atoms with Crippen molar-refractivity contribution in [1.29, 1.82) is 0 Å². The Hall–Kier alpha value is -1.88. The maximum absolute atomic E-state index is 5.71. The summed E-state index contributed by atoms with van der Waals surface area (Å²) >= 11 is 0. The Morgan fingerprint density at radius 1 is 1.29 bits per heavy atom. The lowest BCUT2D eigenvalue weighted by molar-refractivity contribution is 0.314. The Balaban J connectivity index is 1.35. The second-order valence-corrected chi connectivity index (χ2v) is 6.05. The van der Waals surface area contributed by atoms with Gasteiger partial charge in [-0.2, -0.15) is 0 Å². The molecule has 0 amide bonds. The molecule has 5 heteroatoms. The van der Waals surface area contributed by atoms with Gasteiger partial charge in [0.25, 0.3) is 0 Å². The Bertz CT molecular complexity index is 620. The van der Waals surface area contributed by atoms with E-state index >= 15 is 0 Å². The maximum atomic E-state index is 5.71. The minimum Gasteiger partial charge on any atom is -0.493 e. The summed E-state index contributed by atoms with van der Waals surface area (Å²) in [7, 11) is 0. The molecular weight excluding hydrogens is 264 g/mol. The van der Waals surface area contributed by atoms with Gasteiger partial charge in [0.2, 0.25) is 0 Å². The standard InChI is InChI=1S/C16H20N4O/c1-2-4-16-15(3-1)13(11-21-16)9-20-10-14(18-19-20)8-17-7-12-5-6-12/h1-4,10,12-13,17H,5-9,11H2. The van der Waals surface area contributed by atoms with Crippen LogP contribution >= 0.6 is 0 Å². The van der Waals surface area contributed by atoms with E-state index in [1.165, 1.54) is 18.4 Å². The van der Waals surface area contributed by atoms with Crippen molar-refractivity contribution in [3.05, 3.63) is 41.7 Å². The predicted molar refractivity (Wildman–Crippen MR) is 79.1 cm³/mol. The first kappa shape index (κ1) is 12.8. The first-order valence-electron chi connectivity index (χ1n) is 7.70. The van der Waals surface area contributed by atoms with Crippen molar-refractivity contribution in [1.82, 2.24) is 20.3 Å². The minimum atomic E-state index is 0.371.